The maximum atomic E-state index is 12.2. The Kier molecular flexibility index (Phi) is 3.83. The number of nitrogens with one attached hydrogen (secondary N) is 2. The van der Waals surface area contributed by atoms with Crippen LogP contribution < -0.4 is 10.6 Å². The van der Waals surface area contributed by atoms with E-state index in [0.29, 0.717) is 5.41 Å². The van der Waals surface area contributed by atoms with Crippen molar-refractivity contribution in [3.05, 3.63) is 0 Å². The van der Waals surface area contributed by atoms with Gasteiger partial charge < -0.3 is 15.7 Å². The molecule has 0 radical (unpaired) electrons. The number of rotatable bonds is 3. The van der Waals surface area contributed by atoms with Gasteiger partial charge in [0.15, 0.2) is 0 Å². The number of urea groups is 1. The molecule has 5 aliphatic rings. The van der Waals surface area contributed by atoms with E-state index in [-0.39, 0.29) is 18.2 Å². The summed E-state index contributed by atoms with van der Waals surface area (Å²) in [6.45, 7) is 0.873. The van der Waals surface area contributed by atoms with Gasteiger partial charge in [-0.05, 0) is 87.4 Å². The quantitative estimate of drug-likeness (QED) is 0.751. The van der Waals surface area contributed by atoms with E-state index in [1.54, 1.807) is 0 Å². The van der Waals surface area contributed by atoms with E-state index < -0.39 is 0 Å². The number of aliphatic hydroxyl groups excluding tert-OH is 1. The van der Waals surface area contributed by atoms with Gasteiger partial charge >= 0.3 is 6.03 Å². The SMILES string of the molecule is O=C(NCC12CC3CC(CC(C3)C1)C2)NC1CCC(O)CC1. The van der Waals surface area contributed by atoms with Crippen LogP contribution in [0, 0.1) is 23.2 Å². The molecule has 0 aromatic heterocycles. The largest absolute Gasteiger partial charge is 0.393 e. The lowest BCUT2D eigenvalue weighted by Crippen LogP contribution is -2.53. The van der Waals surface area contributed by atoms with Gasteiger partial charge in [0.25, 0.3) is 0 Å². The highest BCUT2D eigenvalue weighted by Gasteiger charge is 2.50. The van der Waals surface area contributed by atoms with E-state index in [0.717, 1.165) is 50.0 Å². The average Bonchev–Trinajstić information content (AvgIpc) is 2.46. The Balaban J connectivity index is 1.27. The minimum atomic E-state index is -0.159. The lowest BCUT2D eigenvalue weighted by atomic mass is 9.49. The van der Waals surface area contributed by atoms with Crippen LogP contribution in [0.1, 0.15) is 64.2 Å². The monoisotopic (exact) mass is 306 g/mol. The smallest absolute Gasteiger partial charge is 0.315 e. The van der Waals surface area contributed by atoms with E-state index in [1.165, 1.54) is 38.5 Å². The van der Waals surface area contributed by atoms with Gasteiger partial charge in [-0.3, -0.25) is 0 Å². The van der Waals surface area contributed by atoms with Crippen LogP contribution in [0.4, 0.5) is 4.79 Å². The van der Waals surface area contributed by atoms with E-state index in [9.17, 15) is 9.90 Å². The molecule has 0 saturated heterocycles. The summed E-state index contributed by atoms with van der Waals surface area (Å²) < 4.78 is 0. The molecule has 4 heteroatoms. The lowest BCUT2D eigenvalue weighted by Gasteiger charge is -2.56. The Morgan fingerprint density at radius 2 is 1.50 bits per heavy atom. The summed E-state index contributed by atoms with van der Waals surface area (Å²) in [7, 11) is 0. The third-order valence-electron chi connectivity index (χ3n) is 6.82. The van der Waals surface area contributed by atoms with Crippen LogP contribution in [0.5, 0.6) is 0 Å². The maximum absolute atomic E-state index is 12.2. The topological polar surface area (TPSA) is 61.4 Å². The van der Waals surface area contributed by atoms with Gasteiger partial charge in [0.05, 0.1) is 6.10 Å². The minimum Gasteiger partial charge on any atom is -0.393 e. The maximum Gasteiger partial charge on any atom is 0.315 e. The fraction of sp³-hybridized carbons (Fsp3) is 0.944. The second-order valence-corrected chi connectivity index (χ2v) is 8.75. The van der Waals surface area contributed by atoms with Gasteiger partial charge in [0.1, 0.15) is 0 Å². The van der Waals surface area contributed by atoms with E-state index >= 15 is 0 Å². The predicted octanol–water partition coefficient (Wildman–Crippen LogP) is 2.81. The Bertz CT molecular complexity index is 394. The van der Waals surface area contributed by atoms with E-state index in [1.807, 2.05) is 0 Å². The molecule has 2 amide bonds. The first-order chi connectivity index (χ1) is 10.6. The molecule has 0 aromatic rings. The normalized spacial score (nSPS) is 46.5. The molecule has 5 aliphatic carbocycles. The van der Waals surface area contributed by atoms with Crippen molar-refractivity contribution in [1.29, 1.82) is 0 Å². The Hall–Kier alpha value is -0.770. The Labute approximate surface area is 133 Å². The molecule has 4 bridgehead atoms. The molecule has 0 unspecified atom stereocenters. The van der Waals surface area contributed by atoms with Crippen LogP contribution in [0.2, 0.25) is 0 Å². The van der Waals surface area contributed by atoms with Crippen molar-refractivity contribution in [1.82, 2.24) is 10.6 Å². The predicted molar refractivity (Wildman–Crippen MR) is 85.4 cm³/mol. The summed E-state index contributed by atoms with van der Waals surface area (Å²) in [5, 5.41) is 15.8. The second-order valence-electron chi connectivity index (χ2n) is 8.75. The molecule has 0 heterocycles. The fourth-order valence-corrected chi connectivity index (χ4v) is 6.23. The van der Waals surface area contributed by atoms with Crippen molar-refractivity contribution in [2.45, 2.75) is 76.4 Å². The van der Waals surface area contributed by atoms with Crippen LogP contribution in [0.15, 0.2) is 0 Å². The highest BCUT2D eigenvalue weighted by molar-refractivity contribution is 5.74. The summed E-state index contributed by atoms with van der Waals surface area (Å²) in [5.41, 5.74) is 0.412. The fourth-order valence-electron chi connectivity index (χ4n) is 6.23. The standard InChI is InChI=1S/C18H30N2O2/c21-16-3-1-15(2-4-16)20-17(22)19-11-18-8-12-5-13(9-18)7-14(6-12)10-18/h12-16,21H,1-11H2,(H2,19,20,22). The molecule has 5 rings (SSSR count). The molecule has 0 aliphatic heterocycles. The Morgan fingerprint density at radius 3 is 2.05 bits per heavy atom. The molecule has 124 valence electrons. The zero-order valence-electron chi connectivity index (χ0n) is 13.5. The minimum absolute atomic E-state index is 0.0112. The number of carbonyl (C=O) groups is 1. The van der Waals surface area contributed by atoms with Crippen molar-refractivity contribution in [2.24, 2.45) is 23.2 Å². The van der Waals surface area contributed by atoms with Crippen molar-refractivity contribution in [3.8, 4) is 0 Å². The van der Waals surface area contributed by atoms with E-state index in [4.69, 9.17) is 0 Å². The molecule has 0 atom stereocenters. The first-order valence-electron chi connectivity index (χ1n) is 9.33. The average molecular weight is 306 g/mol. The highest BCUT2D eigenvalue weighted by Crippen LogP contribution is 2.59. The number of aliphatic hydroxyl groups is 1. The summed E-state index contributed by atoms with van der Waals surface area (Å²) in [6.07, 6.45) is 11.7. The third-order valence-corrected chi connectivity index (χ3v) is 6.82. The van der Waals surface area contributed by atoms with Gasteiger partial charge in [-0.25, -0.2) is 4.79 Å². The summed E-state index contributed by atoms with van der Waals surface area (Å²) in [6, 6.07) is 0.261. The van der Waals surface area contributed by atoms with Crippen LogP contribution in [0.3, 0.4) is 0 Å². The lowest BCUT2D eigenvalue weighted by molar-refractivity contribution is -0.0498. The van der Waals surface area contributed by atoms with E-state index in [2.05, 4.69) is 10.6 Å². The number of hydrogen-bond acceptors (Lipinski definition) is 2. The van der Waals surface area contributed by atoms with Gasteiger partial charge in [-0.15, -0.1) is 0 Å². The molecule has 5 fully saturated rings. The number of carbonyl (C=O) groups excluding carboxylic acids is 1. The summed E-state index contributed by atoms with van der Waals surface area (Å²) >= 11 is 0. The van der Waals surface area contributed by atoms with Crippen LogP contribution in [-0.4, -0.2) is 29.8 Å². The number of amides is 2. The molecule has 4 nitrogen and oxygen atoms in total. The van der Waals surface area contributed by atoms with Crippen molar-refractivity contribution in [2.75, 3.05) is 6.54 Å². The summed E-state index contributed by atoms with van der Waals surface area (Å²) in [4.78, 5) is 12.2. The third kappa shape index (κ3) is 2.99. The van der Waals surface area contributed by atoms with Crippen molar-refractivity contribution in [3.63, 3.8) is 0 Å². The Morgan fingerprint density at radius 1 is 0.955 bits per heavy atom. The van der Waals surface area contributed by atoms with Gasteiger partial charge in [0.2, 0.25) is 0 Å². The molecular formula is C18H30N2O2. The molecule has 0 spiro atoms. The first kappa shape index (κ1) is 14.8. The molecule has 0 aromatic carbocycles. The summed E-state index contributed by atoms with van der Waals surface area (Å²) in [5.74, 6) is 2.82. The van der Waals surface area contributed by atoms with Crippen molar-refractivity contribution < 1.29 is 9.90 Å². The second kappa shape index (κ2) is 5.70. The van der Waals surface area contributed by atoms with Gasteiger partial charge in [-0.1, -0.05) is 0 Å². The van der Waals surface area contributed by atoms with Crippen LogP contribution in [0.25, 0.3) is 0 Å². The highest BCUT2D eigenvalue weighted by atomic mass is 16.3. The van der Waals surface area contributed by atoms with Crippen LogP contribution >= 0.6 is 0 Å². The first-order valence-corrected chi connectivity index (χ1v) is 9.33. The molecule has 3 N–H and O–H groups in total. The molecular weight excluding hydrogens is 276 g/mol. The zero-order chi connectivity index (χ0) is 15.2. The van der Waals surface area contributed by atoms with Gasteiger partial charge in [-0.2, -0.15) is 0 Å². The number of hydrogen-bond donors (Lipinski definition) is 3. The van der Waals surface area contributed by atoms with Crippen molar-refractivity contribution >= 4 is 6.03 Å². The molecule has 5 saturated carbocycles. The van der Waals surface area contributed by atoms with Crippen LogP contribution in [-0.2, 0) is 0 Å². The van der Waals surface area contributed by atoms with Gasteiger partial charge in [0, 0.05) is 12.6 Å². The zero-order valence-corrected chi connectivity index (χ0v) is 13.5. The molecule has 22 heavy (non-hydrogen) atoms.